The maximum Gasteiger partial charge on any atom is 0.312 e. The molecule has 0 amide bonds. The van der Waals surface area contributed by atoms with Crippen molar-refractivity contribution in [3.05, 3.63) is 28.7 Å². The van der Waals surface area contributed by atoms with Gasteiger partial charge in [-0.15, -0.1) is 0 Å². The molecule has 2 rings (SSSR count). The SMILES string of the molecule is O=C(O)C1CCN(S(=O)(=O)c2cccc(Br)c2)CC1(F)F. The molecule has 1 atom stereocenters. The normalized spacial score (nSPS) is 22.9. The first kappa shape index (κ1) is 16.3. The van der Waals surface area contributed by atoms with Crippen LogP contribution in [0.25, 0.3) is 0 Å². The lowest BCUT2D eigenvalue weighted by molar-refractivity contribution is -0.163. The monoisotopic (exact) mass is 383 g/mol. The Morgan fingerprint density at radius 1 is 1.43 bits per heavy atom. The first-order chi connectivity index (χ1) is 9.64. The quantitative estimate of drug-likeness (QED) is 0.867. The summed E-state index contributed by atoms with van der Waals surface area (Å²) in [5.41, 5.74) is 0. The Bertz CT molecular complexity index is 665. The molecule has 0 aromatic heterocycles. The van der Waals surface area contributed by atoms with Crippen LogP contribution in [0.1, 0.15) is 6.42 Å². The van der Waals surface area contributed by atoms with Crippen molar-refractivity contribution in [2.24, 2.45) is 5.92 Å². The number of sulfonamides is 1. The van der Waals surface area contributed by atoms with Crippen LogP contribution in [0.4, 0.5) is 8.78 Å². The van der Waals surface area contributed by atoms with Crippen molar-refractivity contribution in [3.8, 4) is 0 Å². The zero-order valence-corrected chi connectivity index (χ0v) is 13.1. The molecule has 1 N–H and O–H groups in total. The van der Waals surface area contributed by atoms with Gasteiger partial charge in [0.1, 0.15) is 5.92 Å². The van der Waals surface area contributed by atoms with Crippen LogP contribution in [0.5, 0.6) is 0 Å². The molecule has 21 heavy (non-hydrogen) atoms. The fourth-order valence-electron chi connectivity index (χ4n) is 2.19. The molecule has 9 heteroatoms. The molecule has 0 bridgehead atoms. The van der Waals surface area contributed by atoms with Crippen LogP contribution < -0.4 is 0 Å². The smallest absolute Gasteiger partial charge is 0.312 e. The molecular weight excluding hydrogens is 372 g/mol. The van der Waals surface area contributed by atoms with E-state index >= 15 is 0 Å². The maximum absolute atomic E-state index is 13.8. The Morgan fingerprint density at radius 3 is 2.62 bits per heavy atom. The van der Waals surface area contributed by atoms with Gasteiger partial charge in [0.2, 0.25) is 10.0 Å². The molecule has 116 valence electrons. The van der Waals surface area contributed by atoms with Gasteiger partial charge in [-0.05, 0) is 24.6 Å². The van der Waals surface area contributed by atoms with E-state index in [1.54, 1.807) is 6.07 Å². The largest absolute Gasteiger partial charge is 0.481 e. The van der Waals surface area contributed by atoms with Gasteiger partial charge >= 0.3 is 5.97 Å². The predicted octanol–water partition coefficient (Wildman–Crippen LogP) is 2.18. The maximum atomic E-state index is 13.8. The Labute approximate surface area is 128 Å². The fourth-order valence-corrected chi connectivity index (χ4v) is 4.26. The van der Waals surface area contributed by atoms with E-state index < -0.39 is 40.8 Å². The fraction of sp³-hybridized carbons (Fsp3) is 0.417. The third kappa shape index (κ3) is 3.24. The molecule has 0 radical (unpaired) electrons. The Hall–Kier alpha value is -1.06. The van der Waals surface area contributed by atoms with Gasteiger partial charge in [-0.25, -0.2) is 17.2 Å². The average molecular weight is 384 g/mol. The summed E-state index contributed by atoms with van der Waals surface area (Å²) in [6.45, 7) is -1.37. The number of nitrogens with zero attached hydrogens (tertiary/aromatic N) is 1. The summed E-state index contributed by atoms with van der Waals surface area (Å²) in [5.74, 6) is -7.06. The van der Waals surface area contributed by atoms with Crippen LogP contribution in [0.2, 0.25) is 0 Å². The minimum atomic E-state index is -4.07. The van der Waals surface area contributed by atoms with Crippen LogP contribution in [0.3, 0.4) is 0 Å². The van der Waals surface area contributed by atoms with E-state index in [9.17, 15) is 22.0 Å². The molecular formula is C12H12BrF2NO4S. The summed E-state index contributed by atoms with van der Waals surface area (Å²) in [4.78, 5) is 10.7. The van der Waals surface area contributed by atoms with Crippen molar-refractivity contribution >= 4 is 31.9 Å². The lowest BCUT2D eigenvalue weighted by Gasteiger charge is -2.35. The summed E-state index contributed by atoms with van der Waals surface area (Å²) in [7, 11) is -4.07. The van der Waals surface area contributed by atoms with E-state index in [0.717, 1.165) is 0 Å². The minimum Gasteiger partial charge on any atom is -0.481 e. The third-order valence-electron chi connectivity index (χ3n) is 3.30. The van der Waals surface area contributed by atoms with E-state index in [4.69, 9.17) is 5.11 Å². The van der Waals surface area contributed by atoms with Crippen molar-refractivity contribution < 1.29 is 27.1 Å². The minimum absolute atomic E-state index is 0.110. The highest BCUT2D eigenvalue weighted by molar-refractivity contribution is 9.10. The van der Waals surface area contributed by atoms with Crippen LogP contribution in [-0.4, -0.2) is 42.8 Å². The summed E-state index contributed by atoms with van der Waals surface area (Å²) in [6, 6.07) is 5.72. The zero-order valence-electron chi connectivity index (χ0n) is 10.7. The Kier molecular flexibility index (Phi) is 4.36. The standard InChI is InChI=1S/C12H12BrF2NO4S/c13-8-2-1-3-9(6-8)21(19,20)16-5-4-10(11(17)18)12(14,15)7-16/h1-3,6,10H,4-5,7H2,(H,17,18). The second-order valence-electron chi connectivity index (χ2n) is 4.74. The van der Waals surface area contributed by atoms with Gasteiger partial charge in [-0.3, -0.25) is 4.79 Å². The van der Waals surface area contributed by atoms with Crippen molar-refractivity contribution in [1.29, 1.82) is 0 Å². The highest BCUT2D eigenvalue weighted by Crippen LogP contribution is 2.35. The van der Waals surface area contributed by atoms with Gasteiger partial charge in [0.05, 0.1) is 11.4 Å². The molecule has 5 nitrogen and oxygen atoms in total. The highest BCUT2D eigenvalue weighted by Gasteiger charge is 2.51. The summed E-state index contributed by atoms with van der Waals surface area (Å²) in [5, 5.41) is 8.76. The molecule has 1 aromatic rings. The van der Waals surface area contributed by atoms with E-state index in [-0.39, 0.29) is 11.4 Å². The second-order valence-corrected chi connectivity index (χ2v) is 7.59. The van der Waals surface area contributed by atoms with Crippen molar-refractivity contribution in [2.45, 2.75) is 17.2 Å². The first-order valence-electron chi connectivity index (χ1n) is 6.01. The molecule has 1 fully saturated rings. The van der Waals surface area contributed by atoms with Gasteiger partial charge in [-0.1, -0.05) is 22.0 Å². The lowest BCUT2D eigenvalue weighted by Crippen LogP contribution is -2.52. The number of halogens is 3. The number of carboxylic acids is 1. The molecule has 1 aliphatic rings. The van der Waals surface area contributed by atoms with E-state index in [0.29, 0.717) is 8.78 Å². The topological polar surface area (TPSA) is 74.7 Å². The molecule has 0 saturated carbocycles. The highest BCUT2D eigenvalue weighted by atomic mass is 79.9. The number of piperidine rings is 1. The van der Waals surface area contributed by atoms with Crippen LogP contribution in [0.15, 0.2) is 33.6 Å². The number of aliphatic carboxylic acids is 1. The molecule has 1 aliphatic heterocycles. The summed E-state index contributed by atoms with van der Waals surface area (Å²) >= 11 is 3.12. The van der Waals surface area contributed by atoms with Gasteiger partial charge < -0.3 is 5.11 Å². The number of hydrogen-bond donors (Lipinski definition) is 1. The van der Waals surface area contributed by atoms with Crippen molar-refractivity contribution in [3.63, 3.8) is 0 Å². The summed E-state index contributed by atoms with van der Waals surface area (Å²) < 4.78 is 53.4. The molecule has 0 spiro atoms. The zero-order chi connectivity index (χ0) is 15.8. The summed E-state index contributed by atoms with van der Waals surface area (Å²) in [6.07, 6.45) is -0.421. The molecule has 0 aliphatic carbocycles. The molecule has 1 saturated heterocycles. The van der Waals surface area contributed by atoms with Crippen molar-refractivity contribution in [1.82, 2.24) is 4.31 Å². The van der Waals surface area contributed by atoms with E-state index in [2.05, 4.69) is 15.9 Å². The average Bonchev–Trinajstić information content (AvgIpc) is 2.36. The molecule has 1 heterocycles. The predicted molar refractivity (Wildman–Crippen MR) is 73.6 cm³/mol. The number of carboxylic acid groups (broad SMARTS) is 1. The van der Waals surface area contributed by atoms with E-state index in [1.807, 2.05) is 0 Å². The third-order valence-corrected chi connectivity index (χ3v) is 5.63. The number of hydrogen-bond acceptors (Lipinski definition) is 3. The molecule has 1 unspecified atom stereocenters. The molecule has 1 aromatic carbocycles. The van der Waals surface area contributed by atoms with Crippen LogP contribution in [0, 0.1) is 5.92 Å². The Balaban J connectivity index is 2.30. The Morgan fingerprint density at radius 2 is 2.10 bits per heavy atom. The van der Waals surface area contributed by atoms with Gasteiger partial charge in [0.25, 0.3) is 5.92 Å². The van der Waals surface area contributed by atoms with Gasteiger partial charge in [0, 0.05) is 11.0 Å². The first-order valence-corrected chi connectivity index (χ1v) is 8.24. The number of carbonyl (C=O) groups is 1. The van der Waals surface area contributed by atoms with Gasteiger partial charge in [-0.2, -0.15) is 4.31 Å². The van der Waals surface area contributed by atoms with Crippen LogP contribution >= 0.6 is 15.9 Å². The van der Waals surface area contributed by atoms with Gasteiger partial charge in [0.15, 0.2) is 0 Å². The number of rotatable bonds is 3. The van der Waals surface area contributed by atoms with Crippen LogP contribution in [-0.2, 0) is 14.8 Å². The number of alkyl halides is 2. The lowest BCUT2D eigenvalue weighted by atomic mass is 9.94. The second kappa shape index (κ2) is 5.62. The van der Waals surface area contributed by atoms with E-state index in [1.165, 1.54) is 18.2 Å². The van der Waals surface area contributed by atoms with Crippen molar-refractivity contribution in [2.75, 3.05) is 13.1 Å². The number of benzene rings is 1.